The number of carbonyl (C=O) groups is 4. The van der Waals surface area contributed by atoms with E-state index in [0.29, 0.717) is 18.5 Å². The largest absolute Gasteiger partial charge is 0.489 e. The fourth-order valence-corrected chi connectivity index (χ4v) is 5.04. The van der Waals surface area contributed by atoms with Crippen molar-refractivity contribution in [2.45, 2.75) is 91.6 Å². The molecule has 0 bridgehead atoms. The number of halogens is 2. The fourth-order valence-electron chi connectivity index (χ4n) is 5.04. The van der Waals surface area contributed by atoms with Crippen LogP contribution in [0.3, 0.4) is 0 Å². The Balaban J connectivity index is 1.81. The zero-order valence-corrected chi connectivity index (χ0v) is 25.8. The van der Waals surface area contributed by atoms with Gasteiger partial charge in [-0.3, -0.25) is 19.3 Å². The minimum Gasteiger partial charge on any atom is -0.489 e. The lowest BCUT2D eigenvalue weighted by molar-refractivity contribution is -0.141. The number of ether oxygens (including phenoxy) is 2. The molecule has 3 rings (SSSR count). The number of fused-ring (bicyclic) bond motifs is 1. The Kier molecular flexibility index (Phi) is 9.58. The van der Waals surface area contributed by atoms with Gasteiger partial charge in [-0.25, -0.2) is 13.6 Å². The van der Waals surface area contributed by atoms with Crippen molar-refractivity contribution in [1.82, 2.24) is 20.0 Å². The number of nitrogens with zero attached hydrogens (tertiary/aromatic N) is 3. The van der Waals surface area contributed by atoms with Crippen LogP contribution < -0.4 is 10.1 Å². The summed E-state index contributed by atoms with van der Waals surface area (Å²) in [5, 5.41) is 2.84. The molecule has 1 saturated heterocycles. The molecule has 0 saturated carbocycles. The number of benzene rings is 1. The van der Waals surface area contributed by atoms with Crippen LogP contribution in [0.25, 0.3) is 0 Å². The van der Waals surface area contributed by atoms with Crippen LogP contribution in [-0.4, -0.2) is 88.5 Å². The van der Waals surface area contributed by atoms with Crippen LogP contribution in [-0.2, 0) is 19.1 Å². The van der Waals surface area contributed by atoms with Crippen LogP contribution in [0.4, 0.5) is 13.6 Å². The lowest BCUT2D eigenvalue weighted by atomic mass is 9.85. The molecular weight excluding hydrogens is 550 g/mol. The molecule has 0 aromatic heterocycles. The van der Waals surface area contributed by atoms with Crippen LogP contribution in [0.2, 0.25) is 0 Å². The second-order valence-electron chi connectivity index (χ2n) is 12.9. The normalized spacial score (nSPS) is 19.9. The lowest BCUT2D eigenvalue weighted by Gasteiger charge is -2.37. The van der Waals surface area contributed by atoms with E-state index in [-0.39, 0.29) is 30.2 Å². The first-order valence-corrected chi connectivity index (χ1v) is 14.0. The number of rotatable bonds is 7. The summed E-state index contributed by atoms with van der Waals surface area (Å²) < 4.78 is 38.2. The summed E-state index contributed by atoms with van der Waals surface area (Å²) in [5.74, 6) is -3.03. The summed E-state index contributed by atoms with van der Waals surface area (Å²) in [5.41, 5.74) is -0.838. The molecule has 42 heavy (non-hydrogen) atoms. The third-order valence-electron chi connectivity index (χ3n) is 7.39. The fraction of sp³-hybridized carbons (Fsp3) is 0.600. The van der Waals surface area contributed by atoms with Gasteiger partial charge in [-0.1, -0.05) is 20.8 Å². The Labute approximate surface area is 246 Å². The molecule has 0 aliphatic carbocycles. The monoisotopic (exact) mass is 592 g/mol. The van der Waals surface area contributed by atoms with Gasteiger partial charge in [0.2, 0.25) is 17.7 Å². The van der Waals surface area contributed by atoms with E-state index < -0.39 is 52.8 Å². The number of carbonyl (C=O) groups excluding carboxylic acids is 4. The average molecular weight is 593 g/mol. The molecule has 10 nitrogen and oxygen atoms in total. The van der Waals surface area contributed by atoms with E-state index in [4.69, 9.17) is 9.47 Å². The molecule has 4 amide bonds. The van der Waals surface area contributed by atoms with Crippen molar-refractivity contribution in [1.29, 1.82) is 0 Å². The predicted octanol–water partition coefficient (Wildman–Crippen LogP) is 3.85. The molecule has 12 heteroatoms. The van der Waals surface area contributed by atoms with E-state index >= 15 is 0 Å². The van der Waals surface area contributed by atoms with Gasteiger partial charge in [0.15, 0.2) is 11.6 Å². The van der Waals surface area contributed by atoms with E-state index in [1.54, 1.807) is 43.7 Å². The number of likely N-dealkylation sites (N-methyl/N-ethyl adjacent to an activating group) is 1. The summed E-state index contributed by atoms with van der Waals surface area (Å²) in [7, 11) is 1.45. The zero-order chi connectivity index (χ0) is 31.7. The first-order valence-electron chi connectivity index (χ1n) is 14.0. The lowest BCUT2D eigenvalue weighted by Crippen LogP contribution is -2.59. The van der Waals surface area contributed by atoms with Crippen LogP contribution in [0, 0.1) is 17.0 Å². The van der Waals surface area contributed by atoms with Crippen molar-refractivity contribution in [2.75, 3.05) is 20.2 Å². The topological polar surface area (TPSA) is 108 Å². The molecule has 1 aromatic carbocycles. The van der Waals surface area contributed by atoms with Gasteiger partial charge in [0.1, 0.15) is 30.0 Å². The van der Waals surface area contributed by atoms with Crippen molar-refractivity contribution < 1.29 is 37.4 Å². The molecule has 1 aromatic rings. The number of likely N-dealkylation sites (tertiary alicyclic amines) is 1. The Bertz CT molecular complexity index is 1260. The molecule has 232 valence electrons. The van der Waals surface area contributed by atoms with Crippen LogP contribution in [0.15, 0.2) is 30.0 Å². The van der Waals surface area contributed by atoms with E-state index in [0.717, 1.165) is 12.1 Å². The number of hydrogen-bond acceptors (Lipinski definition) is 6. The van der Waals surface area contributed by atoms with Crippen molar-refractivity contribution >= 4 is 23.8 Å². The maximum atomic E-state index is 14.1. The third-order valence-corrected chi connectivity index (χ3v) is 7.39. The molecule has 4 atom stereocenters. The van der Waals surface area contributed by atoms with E-state index in [9.17, 15) is 28.0 Å². The molecule has 0 radical (unpaired) electrons. The van der Waals surface area contributed by atoms with Crippen molar-refractivity contribution in [2.24, 2.45) is 5.41 Å². The summed E-state index contributed by atoms with van der Waals surface area (Å²) in [6.07, 6.45) is 1.47. The quantitative estimate of drug-likeness (QED) is 0.516. The Morgan fingerprint density at radius 2 is 1.74 bits per heavy atom. The van der Waals surface area contributed by atoms with Gasteiger partial charge < -0.3 is 24.6 Å². The minimum absolute atomic E-state index is 0.0654. The molecule has 2 aliphatic rings. The van der Waals surface area contributed by atoms with Crippen molar-refractivity contribution in [3.8, 4) is 5.75 Å². The molecule has 2 heterocycles. The third kappa shape index (κ3) is 7.38. The van der Waals surface area contributed by atoms with Gasteiger partial charge in [-0.15, -0.1) is 0 Å². The Morgan fingerprint density at radius 3 is 2.29 bits per heavy atom. The smallest absolute Gasteiger partial charge is 0.410 e. The number of amides is 4. The van der Waals surface area contributed by atoms with Gasteiger partial charge in [-0.05, 0) is 51.7 Å². The molecule has 2 aliphatic heterocycles. The van der Waals surface area contributed by atoms with Crippen LogP contribution in [0.1, 0.15) is 61.8 Å². The highest BCUT2D eigenvalue weighted by Crippen LogP contribution is 2.37. The van der Waals surface area contributed by atoms with Gasteiger partial charge in [0.25, 0.3) is 0 Å². The minimum atomic E-state index is -1.05. The highest BCUT2D eigenvalue weighted by Gasteiger charge is 2.50. The number of hydrogen-bond donors (Lipinski definition) is 1. The number of nitrogens with one attached hydrogen (secondary N) is 1. The molecule has 0 spiro atoms. The first-order chi connectivity index (χ1) is 19.3. The highest BCUT2D eigenvalue weighted by molar-refractivity contribution is 5.92. The zero-order valence-electron chi connectivity index (χ0n) is 25.8. The summed E-state index contributed by atoms with van der Waals surface area (Å²) in [6, 6.07) is 0.442. The average Bonchev–Trinajstić information content (AvgIpc) is 3.45. The van der Waals surface area contributed by atoms with Crippen molar-refractivity contribution in [3.63, 3.8) is 0 Å². The van der Waals surface area contributed by atoms with Crippen LogP contribution in [0.5, 0.6) is 5.75 Å². The van der Waals surface area contributed by atoms with Crippen molar-refractivity contribution in [3.05, 3.63) is 41.6 Å². The van der Waals surface area contributed by atoms with Crippen LogP contribution >= 0.6 is 0 Å². The SMILES string of the molecule is CC(=O)N1C=C(COc2ccc(F)c(F)c2)C2C1CCN2C(=O)C(NC(=O)C(C)N(C)C(=O)OC(C)(C)C)C(C)(C)C. The van der Waals surface area contributed by atoms with Gasteiger partial charge >= 0.3 is 6.09 Å². The predicted molar refractivity (Wildman–Crippen MR) is 151 cm³/mol. The first kappa shape index (κ1) is 32.8. The van der Waals surface area contributed by atoms with E-state index in [1.165, 1.54) is 24.9 Å². The van der Waals surface area contributed by atoms with Gasteiger partial charge in [-0.2, -0.15) is 0 Å². The second-order valence-corrected chi connectivity index (χ2v) is 12.9. The van der Waals surface area contributed by atoms with Gasteiger partial charge in [0.05, 0.1) is 12.1 Å². The molecule has 1 N–H and O–H groups in total. The van der Waals surface area contributed by atoms with E-state index in [1.807, 2.05) is 20.8 Å². The maximum Gasteiger partial charge on any atom is 0.410 e. The molecule has 1 fully saturated rings. The molecule has 4 unspecified atom stereocenters. The molecular formula is C30H42F2N4O6. The Morgan fingerprint density at radius 1 is 1.10 bits per heavy atom. The second kappa shape index (κ2) is 12.3. The standard InChI is InChI=1S/C30H42F2N4O6/c1-17(34(9)28(40)42-30(6,7)8)26(38)33-25(29(3,4)5)27(39)35-13-12-23-24(35)19(15-36(23)18(2)37)16-41-20-10-11-21(31)22(32)14-20/h10-11,14-15,17,23-25H,12-13,16H2,1-9H3,(H,33,38). The summed E-state index contributed by atoms with van der Waals surface area (Å²) in [6.45, 7) is 13.9. The Hall–Kier alpha value is -3.70. The van der Waals surface area contributed by atoms with E-state index in [2.05, 4.69) is 5.32 Å². The maximum absolute atomic E-state index is 14.1. The summed E-state index contributed by atoms with van der Waals surface area (Å²) >= 11 is 0. The highest BCUT2D eigenvalue weighted by atomic mass is 19.2. The summed E-state index contributed by atoms with van der Waals surface area (Å²) in [4.78, 5) is 56.7. The van der Waals surface area contributed by atoms with Gasteiger partial charge in [0, 0.05) is 38.4 Å².